The molecule has 3 aliphatic heterocycles. The third-order valence-corrected chi connectivity index (χ3v) is 4.36. The maximum absolute atomic E-state index is 6.12. The van der Waals surface area contributed by atoms with E-state index >= 15 is 0 Å². The zero-order valence-corrected chi connectivity index (χ0v) is 12.2. The summed E-state index contributed by atoms with van der Waals surface area (Å²) < 4.78 is 0. The summed E-state index contributed by atoms with van der Waals surface area (Å²) in [5, 5.41) is 15.9. The van der Waals surface area contributed by atoms with Crippen LogP contribution in [-0.4, -0.2) is 35.4 Å². The first-order valence-corrected chi connectivity index (χ1v) is 7.52. The quantitative estimate of drug-likeness (QED) is 0.912. The molecule has 3 fully saturated rings. The third kappa shape index (κ3) is 2.54. The van der Waals surface area contributed by atoms with Crippen LogP contribution in [0.3, 0.4) is 0 Å². The Morgan fingerprint density at radius 1 is 1.10 bits per heavy atom. The monoisotopic (exact) mass is 301 g/mol. The fraction of sp³-hybridized carbons (Fsp3) is 0.333. The van der Waals surface area contributed by atoms with Gasteiger partial charge in [0.05, 0.1) is 10.7 Å². The molecule has 0 radical (unpaired) electrons. The molecule has 21 heavy (non-hydrogen) atoms. The summed E-state index contributed by atoms with van der Waals surface area (Å²) in [5.41, 5.74) is 0.838. The highest BCUT2D eigenvalue weighted by molar-refractivity contribution is 6.33. The lowest BCUT2D eigenvalue weighted by molar-refractivity contribution is 0.225. The molecule has 6 heteroatoms. The molecular formula is C15H16ClN5. The van der Waals surface area contributed by atoms with E-state index < -0.39 is 0 Å². The fourth-order valence-corrected chi connectivity index (χ4v) is 3.14. The number of piperidine rings is 1. The van der Waals surface area contributed by atoms with Crippen molar-refractivity contribution in [3.8, 4) is 0 Å². The van der Waals surface area contributed by atoms with Crippen molar-refractivity contribution in [1.82, 2.24) is 15.5 Å². The molecule has 0 amide bonds. The molecule has 2 bridgehead atoms. The minimum absolute atomic E-state index is 0.617. The number of rotatable bonds is 3. The van der Waals surface area contributed by atoms with Crippen LogP contribution in [0.25, 0.3) is 0 Å². The zero-order chi connectivity index (χ0) is 14.2. The average molecular weight is 302 g/mol. The molecule has 5 rings (SSSR count). The van der Waals surface area contributed by atoms with Crippen LogP contribution in [0.5, 0.6) is 0 Å². The number of piperazine rings is 1. The van der Waals surface area contributed by atoms with E-state index in [1.165, 1.54) is 6.42 Å². The van der Waals surface area contributed by atoms with E-state index in [9.17, 15) is 0 Å². The summed E-state index contributed by atoms with van der Waals surface area (Å²) in [6.45, 7) is 2.03. The van der Waals surface area contributed by atoms with Crippen LogP contribution in [0.4, 0.5) is 17.3 Å². The van der Waals surface area contributed by atoms with E-state index in [1.54, 1.807) is 0 Å². The van der Waals surface area contributed by atoms with E-state index in [2.05, 4.69) is 25.7 Å². The van der Waals surface area contributed by atoms with Crippen LogP contribution in [0, 0.1) is 0 Å². The normalized spacial score (nSPS) is 23.6. The van der Waals surface area contributed by atoms with E-state index in [4.69, 9.17) is 11.6 Å². The smallest absolute Gasteiger partial charge is 0.153 e. The number of para-hydroxylation sites is 1. The number of halogens is 1. The predicted octanol–water partition coefficient (Wildman–Crippen LogP) is 2.42. The molecule has 4 heterocycles. The van der Waals surface area contributed by atoms with Gasteiger partial charge >= 0.3 is 0 Å². The minimum atomic E-state index is 0.617. The van der Waals surface area contributed by atoms with Gasteiger partial charge in [-0.2, -0.15) is 0 Å². The van der Waals surface area contributed by atoms with Crippen LogP contribution < -0.4 is 15.5 Å². The largest absolute Gasteiger partial charge is 0.352 e. The molecule has 2 atom stereocenters. The first kappa shape index (κ1) is 12.9. The van der Waals surface area contributed by atoms with E-state index in [1.807, 2.05) is 36.4 Å². The van der Waals surface area contributed by atoms with Gasteiger partial charge in [-0.3, -0.25) is 0 Å². The van der Waals surface area contributed by atoms with E-state index in [0.29, 0.717) is 22.9 Å². The van der Waals surface area contributed by atoms with E-state index in [0.717, 1.165) is 24.6 Å². The SMILES string of the molecule is Clc1ccccc1Nc1ccc(N2CC3CC(C2)N3)nn1. The number of benzene rings is 1. The Bertz CT molecular complexity index is 629. The summed E-state index contributed by atoms with van der Waals surface area (Å²) in [6.07, 6.45) is 1.29. The van der Waals surface area contributed by atoms with Crippen LogP contribution >= 0.6 is 11.6 Å². The first-order valence-electron chi connectivity index (χ1n) is 7.14. The molecule has 108 valence electrons. The topological polar surface area (TPSA) is 53.1 Å². The maximum Gasteiger partial charge on any atom is 0.153 e. The summed E-state index contributed by atoms with van der Waals surface area (Å²) in [7, 11) is 0. The van der Waals surface area contributed by atoms with Crippen molar-refractivity contribution in [3.63, 3.8) is 0 Å². The summed E-state index contributed by atoms with van der Waals surface area (Å²) in [5.74, 6) is 1.64. The number of nitrogens with zero attached hydrogens (tertiary/aromatic N) is 3. The number of fused-ring (bicyclic) bond motifs is 2. The molecule has 5 nitrogen and oxygen atoms in total. The standard InChI is InChI=1S/C15H16ClN5/c16-12-3-1-2-4-13(12)18-14-5-6-15(20-19-14)21-8-10-7-11(9-21)17-10/h1-6,10-11,17H,7-9H2,(H,18,19). The Labute approximate surface area is 128 Å². The molecular weight excluding hydrogens is 286 g/mol. The molecule has 1 aromatic carbocycles. The van der Waals surface area contributed by atoms with Crippen molar-refractivity contribution in [2.45, 2.75) is 18.5 Å². The molecule has 0 saturated carbocycles. The van der Waals surface area contributed by atoms with Gasteiger partial charge in [-0.1, -0.05) is 23.7 Å². The Balaban J connectivity index is 1.47. The number of hydrogen-bond acceptors (Lipinski definition) is 5. The second-order valence-electron chi connectivity index (χ2n) is 5.58. The first-order chi connectivity index (χ1) is 10.3. The van der Waals surface area contributed by atoms with Crippen LogP contribution in [0.1, 0.15) is 6.42 Å². The lowest BCUT2D eigenvalue weighted by Gasteiger charge is -2.48. The lowest BCUT2D eigenvalue weighted by atomic mass is 9.91. The molecule has 1 aromatic heterocycles. The van der Waals surface area contributed by atoms with Crippen molar-refractivity contribution >= 4 is 28.9 Å². The lowest BCUT2D eigenvalue weighted by Crippen LogP contribution is -2.67. The van der Waals surface area contributed by atoms with E-state index in [-0.39, 0.29) is 0 Å². The number of hydrogen-bond donors (Lipinski definition) is 2. The summed E-state index contributed by atoms with van der Waals surface area (Å²) in [6, 6.07) is 12.8. The Morgan fingerprint density at radius 2 is 1.86 bits per heavy atom. The van der Waals surface area contributed by atoms with Gasteiger partial charge in [-0.15, -0.1) is 10.2 Å². The minimum Gasteiger partial charge on any atom is -0.352 e. The van der Waals surface area contributed by atoms with Crippen LogP contribution in [0.15, 0.2) is 36.4 Å². The highest BCUT2D eigenvalue weighted by Gasteiger charge is 2.36. The van der Waals surface area contributed by atoms with Crippen molar-refractivity contribution in [2.24, 2.45) is 0 Å². The number of nitrogens with one attached hydrogen (secondary N) is 2. The van der Waals surface area contributed by atoms with Crippen LogP contribution in [-0.2, 0) is 0 Å². The Hall–Kier alpha value is -1.85. The molecule has 2 unspecified atom stereocenters. The van der Waals surface area contributed by atoms with Crippen LogP contribution in [0.2, 0.25) is 5.02 Å². The van der Waals surface area contributed by atoms with Gasteiger partial charge in [-0.05, 0) is 30.7 Å². The van der Waals surface area contributed by atoms with Crippen molar-refractivity contribution < 1.29 is 0 Å². The number of aromatic nitrogens is 2. The maximum atomic E-state index is 6.12. The molecule has 0 spiro atoms. The molecule has 3 saturated heterocycles. The van der Waals surface area contributed by atoms with Crippen molar-refractivity contribution in [2.75, 3.05) is 23.3 Å². The van der Waals surface area contributed by atoms with Gasteiger partial charge in [-0.25, -0.2) is 0 Å². The second kappa shape index (κ2) is 5.16. The van der Waals surface area contributed by atoms with Gasteiger partial charge in [0.2, 0.25) is 0 Å². The Kier molecular flexibility index (Phi) is 3.16. The van der Waals surface area contributed by atoms with Gasteiger partial charge in [0, 0.05) is 25.2 Å². The summed E-state index contributed by atoms with van der Waals surface area (Å²) in [4.78, 5) is 2.29. The number of anilines is 3. The molecule has 2 N–H and O–H groups in total. The van der Waals surface area contributed by atoms with Gasteiger partial charge < -0.3 is 15.5 Å². The fourth-order valence-electron chi connectivity index (χ4n) is 2.96. The average Bonchev–Trinajstić information content (AvgIpc) is 2.50. The summed E-state index contributed by atoms with van der Waals surface area (Å²) >= 11 is 6.12. The molecule has 3 aliphatic rings. The second-order valence-corrected chi connectivity index (χ2v) is 5.99. The van der Waals surface area contributed by atoms with Gasteiger partial charge in [0.25, 0.3) is 0 Å². The van der Waals surface area contributed by atoms with Crippen molar-refractivity contribution in [3.05, 3.63) is 41.4 Å². The Morgan fingerprint density at radius 3 is 2.52 bits per heavy atom. The third-order valence-electron chi connectivity index (χ3n) is 4.03. The molecule has 0 aliphatic carbocycles. The van der Waals surface area contributed by atoms with Crippen molar-refractivity contribution in [1.29, 1.82) is 0 Å². The molecule has 2 aromatic rings. The zero-order valence-electron chi connectivity index (χ0n) is 11.5. The highest BCUT2D eigenvalue weighted by atomic mass is 35.5. The predicted molar refractivity (Wildman–Crippen MR) is 84.3 cm³/mol. The van der Waals surface area contributed by atoms with Gasteiger partial charge in [0.15, 0.2) is 11.6 Å². The van der Waals surface area contributed by atoms with Gasteiger partial charge in [0.1, 0.15) is 0 Å². The highest BCUT2D eigenvalue weighted by Crippen LogP contribution is 2.26.